The van der Waals surface area contributed by atoms with E-state index < -0.39 is 5.97 Å². The lowest BCUT2D eigenvalue weighted by Gasteiger charge is -2.08. The van der Waals surface area contributed by atoms with Crippen molar-refractivity contribution in [2.45, 2.75) is 0 Å². The van der Waals surface area contributed by atoms with Gasteiger partial charge in [0.15, 0.2) is 0 Å². The quantitative estimate of drug-likeness (QED) is 0.522. The fraction of sp³-hybridized carbons (Fsp3) is 0. The highest BCUT2D eigenvalue weighted by molar-refractivity contribution is 5.91. The van der Waals surface area contributed by atoms with E-state index in [1.165, 1.54) is 0 Å². The van der Waals surface area contributed by atoms with Crippen LogP contribution in [0.15, 0.2) is 78.9 Å². The van der Waals surface area contributed by atoms with Gasteiger partial charge in [-0.05, 0) is 42.5 Å². The Morgan fingerprint density at radius 2 is 1.54 bits per heavy atom. The van der Waals surface area contributed by atoms with Gasteiger partial charge in [0.05, 0.1) is 11.1 Å². The van der Waals surface area contributed by atoms with Crippen molar-refractivity contribution in [2.24, 2.45) is 0 Å². The Morgan fingerprint density at radius 1 is 0.833 bits per heavy atom. The van der Waals surface area contributed by atoms with E-state index in [2.05, 4.69) is 0 Å². The molecule has 0 amide bonds. The second-order valence-corrected chi connectivity index (χ2v) is 4.94. The first-order valence-corrected chi connectivity index (χ1v) is 7.30. The van der Waals surface area contributed by atoms with Crippen LogP contribution in [0.25, 0.3) is 0 Å². The number of carbonyl (C=O) groups excluding carboxylic acids is 1. The van der Waals surface area contributed by atoms with E-state index in [4.69, 9.17) is 14.7 Å². The molecule has 0 spiro atoms. The Hall–Kier alpha value is -3.58. The van der Waals surface area contributed by atoms with Gasteiger partial charge in [0.1, 0.15) is 23.3 Å². The normalized spacial score (nSPS) is 9.79. The molecule has 3 rings (SSSR count). The molecule has 0 aromatic heterocycles. The monoisotopic (exact) mass is 315 g/mol. The molecule has 4 heteroatoms. The van der Waals surface area contributed by atoms with Gasteiger partial charge in [-0.1, -0.05) is 36.4 Å². The van der Waals surface area contributed by atoms with Gasteiger partial charge in [0.2, 0.25) is 0 Å². The summed E-state index contributed by atoms with van der Waals surface area (Å²) in [5.74, 6) is 0.901. The molecule has 0 saturated heterocycles. The third-order valence-corrected chi connectivity index (χ3v) is 3.26. The molecule has 0 saturated carbocycles. The molecule has 24 heavy (non-hydrogen) atoms. The fourth-order valence-corrected chi connectivity index (χ4v) is 2.12. The van der Waals surface area contributed by atoms with Crippen molar-refractivity contribution < 1.29 is 14.3 Å². The van der Waals surface area contributed by atoms with Crippen molar-refractivity contribution in [3.05, 3.63) is 90.0 Å². The predicted octanol–water partition coefficient (Wildman–Crippen LogP) is 4.57. The van der Waals surface area contributed by atoms with Crippen molar-refractivity contribution in [1.82, 2.24) is 0 Å². The van der Waals surface area contributed by atoms with E-state index in [1.807, 2.05) is 36.4 Å². The van der Waals surface area contributed by atoms with Gasteiger partial charge < -0.3 is 9.47 Å². The van der Waals surface area contributed by atoms with Crippen LogP contribution >= 0.6 is 0 Å². The predicted molar refractivity (Wildman–Crippen MR) is 89.1 cm³/mol. The van der Waals surface area contributed by atoms with Crippen LogP contribution in [0.3, 0.4) is 0 Å². The summed E-state index contributed by atoms with van der Waals surface area (Å²) >= 11 is 0. The number of carbonyl (C=O) groups is 1. The van der Waals surface area contributed by atoms with Crippen molar-refractivity contribution in [3.63, 3.8) is 0 Å². The Bertz CT molecular complexity index is 898. The maximum absolute atomic E-state index is 12.3. The van der Waals surface area contributed by atoms with Crippen LogP contribution in [0.2, 0.25) is 0 Å². The first-order valence-electron chi connectivity index (χ1n) is 7.30. The average molecular weight is 315 g/mol. The van der Waals surface area contributed by atoms with Crippen molar-refractivity contribution >= 4 is 5.97 Å². The summed E-state index contributed by atoms with van der Waals surface area (Å²) < 4.78 is 11.0. The number of hydrogen-bond acceptors (Lipinski definition) is 4. The van der Waals surface area contributed by atoms with Crippen LogP contribution in [0, 0.1) is 11.3 Å². The van der Waals surface area contributed by atoms with Gasteiger partial charge in [-0.2, -0.15) is 5.26 Å². The molecule has 0 unspecified atom stereocenters. The molecule has 116 valence electrons. The van der Waals surface area contributed by atoms with Gasteiger partial charge in [0.25, 0.3) is 0 Å². The van der Waals surface area contributed by atoms with Crippen LogP contribution < -0.4 is 9.47 Å². The molecule has 0 aliphatic rings. The molecule has 3 aromatic rings. The maximum atomic E-state index is 12.3. The number of ether oxygens (including phenoxy) is 2. The van der Waals surface area contributed by atoms with Gasteiger partial charge in [-0.15, -0.1) is 0 Å². The second-order valence-electron chi connectivity index (χ2n) is 4.94. The second kappa shape index (κ2) is 7.12. The lowest BCUT2D eigenvalue weighted by Crippen LogP contribution is -2.09. The number of nitrogens with zero attached hydrogens (tertiary/aromatic N) is 1. The Balaban J connectivity index is 1.78. The Kier molecular flexibility index (Phi) is 4.55. The van der Waals surface area contributed by atoms with Crippen molar-refractivity contribution in [3.8, 4) is 23.3 Å². The minimum atomic E-state index is -0.545. The van der Waals surface area contributed by atoms with Gasteiger partial charge in [0, 0.05) is 0 Å². The molecule has 0 radical (unpaired) electrons. The highest BCUT2D eigenvalue weighted by atomic mass is 16.5. The number of para-hydroxylation sites is 2. The molecule has 0 N–H and O–H groups in total. The fourth-order valence-electron chi connectivity index (χ4n) is 2.12. The van der Waals surface area contributed by atoms with E-state index in [-0.39, 0.29) is 5.75 Å². The Labute approximate surface area is 139 Å². The van der Waals surface area contributed by atoms with E-state index >= 15 is 0 Å². The van der Waals surface area contributed by atoms with Gasteiger partial charge >= 0.3 is 5.97 Å². The first-order chi connectivity index (χ1) is 11.8. The summed E-state index contributed by atoms with van der Waals surface area (Å²) in [6.07, 6.45) is 0. The van der Waals surface area contributed by atoms with Crippen LogP contribution in [0.5, 0.6) is 17.2 Å². The molecule has 0 aliphatic heterocycles. The topological polar surface area (TPSA) is 59.3 Å². The number of hydrogen-bond donors (Lipinski definition) is 0. The smallest absolute Gasteiger partial charge is 0.343 e. The number of benzene rings is 3. The standard InChI is InChI=1S/C20H13NO3/c21-14-16-7-4-5-12-19(16)24-20(22)15-8-6-11-18(13-15)23-17-9-2-1-3-10-17/h1-13H. The van der Waals surface area contributed by atoms with E-state index in [0.29, 0.717) is 22.6 Å². The molecule has 3 aromatic carbocycles. The SMILES string of the molecule is N#Cc1ccccc1OC(=O)c1cccc(Oc2ccccc2)c1. The van der Waals surface area contributed by atoms with E-state index in [0.717, 1.165) is 0 Å². The average Bonchev–Trinajstić information content (AvgIpc) is 2.63. The summed E-state index contributed by atoms with van der Waals surface area (Å²) in [4.78, 5) is 12.3. The molecule has 0 atom stereocenters. The minimum absolute atomic E-state index is 0.236. The van der Waals surface area contributed by atoms with E-state index in [9.17, 15) is 4.79 Å². The maximum Gasteiger partial charge on any atom is 0.343 e. The van der Waals surface area contributed by atoms with Gasteiger partial charge in [-0.25, -0.2) is 4.79 Å². The zero-order valence-corrected chi connectivity index (χ0v) is 12.7. The van der Waals surface area contributed by atoms with Crippen molar-refractivity contribution in [2.75, 3.05) is 0 Å². The van der Waals surface area contributed by atoms with Crippen LogP contribution in [0.4, 0.5) is 0 Å². The highest BCUT2D eigenvalue weighted by Gasteiger charge is 2.12. The highest BCUT2D eigenvalue weighted by Crippen LogP contribution is 2.23. The third kappa shape index (κ3) is 3.60. The summed E-state index contributed by atoms with van der Waals surface area (Å²) in [5.41, 5.74) is 0.652. The molecule has 0 aliphatic carbocycles. The summed E-state index contributed by atoms with van der Waals surface area (Å²) in [7, 11) is 0. The summed E-state index contributed by atoms with van der Waals surface area (Å²) in [5, 5.41) is 9.05. The summed E-state index contributed by atoms with van der Waals surface area (Å²) in [6.45, 7) is 0. The third-order valence-electron chi connectivity index (χ3n) is 3.26. The number of rotatable bonds is 4. The molecular weight excluding hydrogens is 302 g/mol. The van der Waals surface area contributed by atoms with E-state index in [1.54, 1.807) is 48.5 Å². The molecule has 4 nitrogen and oxygen atoms in total. The van der Waals surface area contributed by atoms with Crippen LogP contribution in [-0.4, -0.2) is 5.97 Å². The van der Waals surface area contributed by atoms with Crippen LogP contribution in [0.1, 0.15) is 15.9 Å². The molecular formula is C20H13NO3. The Morgan fingerprint density at radius 3 is 2.33 bits per heavy atom. The number of nitriles is 1. The lowest BCUT2D eigenvalue weighted by molar-refractivity contribution is 0.0734. The molecule has 0 fully saturated rings. The zero-order chi connectivity index (χ0) is 16.8. The minimum Gasteiger partial charge on any atom is -0.457 e. The first kappa shape index (κ1) is 15.3. The summed E-state index contributed by atoms with van der Waals surface area (Å²) in [6, 6.07) is 24.6. The van der Waals surface area contributed by atoms with Crippen molar-refractivity contribution in [1.29, 1.82) is 5.26 Å². The van der Waals surface area contributed by atoms with Gasteiger partial charge in [-0.3, -0.25) is 0 Å². The molecule has 0 bridgehead atoms. The molecule has 0 heterocycles. The zero-order valence-electron chi connectivity index (χ0n) is 12.7. The lowest BCUT2D eigenvalue weighted by atomic mass is 10.2. The largest absolute Gasteiger partial charge is 0.457 e. The number of esters is 1. The van der Waals surface area contributed by atoms with Crippen LogP contribution in [-0.2, 0) is 0 Å².